The van der Waals surface area contributed by atoms with Crippen LogP contribution in [0.3, 0.4) is 0 Å². The molecule has 4 heteroatoms. The standard InChI is InChI=1S/C88H108Si4/c1-53(2)89(54(3)4,55(5)6)37-33-65-25-29-69-45-77-81(49-73(69)41-65)87-82-50-74-42-66(34-38-90(56(7)8,57(9)10)58(11)12)26-30-70(74)46-78(82)85(77)86-79-47-71-31-27-67(35-39-91(59(13)14,60(15)16)61(17)18)43-75(71)51-83(79)88(87)84-52-76-44-68(28-32-72(76)48-80(84)86)36-40-92(62(19)20,63(21)22)64(23)24/h25-32,41-64,85-88H,1-24H3. The minimum absolute atomic E-state index is 0.0179. The Morgan fingerprint density at radius 1 is 0.196 bits per heavy atom. The van der Waals surface area contributed by atoms with Gasteiger partial charge in [0.15, 0.2) is 0 Å². The van der Waals surface area contributed by atoms with Gasteiger partial charge in [0, 0.05) is 45.9 Å². The monoisotopic (exact) mass is 1280 g/mol. The zero-order valence-electron chi connectivity index (χ0n) is 60.8. The summed E-state index contributed by atoms with van der Waals surface area (Å²) in [6.07, 6.45) is 0. The summed E-state index contributed by atoms with van der Waals surface area (Å²) in [5, 5.41) is 10.3. The zero-order valence-corrected chi connectivity index (χ0v) is 64.8. The number of hydrogen-bond donors (Lipinski definition) is 0. The van der Waals surface area contributed by atoms with E-state index < -0.39 is 32.3 Å². The molecule has 6 aliphatic carbocycles. The minimum Gasteiger partial charge on any atom is -0.125 e. The van der Waals surface area contributed by atoms with Crippen LogP contribution in [0.15, 0.2) is 121 Å². The van der Waals surface area contributed by atoms with Crippen molar-refractivity contribution >= 4 is 75.4 Å². The molecule has 6 aliphatic rings. The fourth-order valence-electron chi connectivity index (χ4n) is 20.4. The van der Waals surface area contributed by atoms with Crippen LogP contribution in [-0.2, 0) is 0 Å². The molecule has 0 amide bonds. The van der Waals surface area contributed by atoms with Crippen LogP contribution in [0.25, 0.3) is 43.1 Å². The lowest BCUT2D eigenvalue weighted by molar-refractivity contribution is 0.532. The van der Waals surface area contributed by atoms with Crippen LogP contribution in [0.2, 0.25) is 66.5 Å². The molecule has 0 N–H and O–H groups in total. The van der Waals surface area contributed by atoms with Gasteiger partial charge in [0.2, 0.25) is 0 Å². The summed E-state index contributed by atoms with van der Waals surface area (Å²) >= 11 is 0. The van der Waals surface area contributed by atoms with Crippen molar-refractivity contribution in [3.8, 4) is 45.9 Å². The maximum absolute atomic E-state index is 4.10. The second kappa shape index (κ2) is 25.2. The van der Waals surface area contributed by atoms with E-state index >= 15 is 0 Å². The van der Waals surface area contributed by atoms with Crippen LogP contribution >= 0.6 is 0 Å². The van der Waals surface area contributed by atoms with E-state index in [1.54, 1.807) is 0 Å². The first-order chi connectivity index (χ1) is 43.4. The lowest BCUT2D eigenvalue weighted by Gasteiger charge is -2.50. The van der Waals surface area contributed by atoms with Gasteiger partial charge in [-0.25, -0.2) is 0 Å². The molecule has 8 aromatic rings. The van der Waals surface area contributed by atoms with Gasteiger partial charge in [0.1, 0.15) is 32.3 Å². The zero-order chi connectivity index (χ0) is 66.6. The third kappa shape index (κ3) is 10.9. The van der Waals surface area contributed by atoms with Gasteiger partial charge in [-0.15, -0.1) is 22.2 Å². The summed E-state index contributed by atoms with van der Waals surface area (Å²) in [5.41, 5.74) is 39.5. The Morgan fingerprint density at radius 2 is 0.337 bits per heavy atom. The normalized spacial score (nSPS) is 17.1. The van der Waals surface area contributed by atoms with Crippen LogP contribution < -0.4 is 0 Å². The van der Waals surface area contributed by atoms with Gasteiger partial charge in [-0.05, 0) is 203 Å². The SMILES string of the molecule is CC(C)[Si](C#Cc1ccc2cc3c(cc2c1)C1c2cc4cc(C#C[Si](C(C)C)(C(C)C)C(C)C)ccc4cc2C3C2c3cc4ccc(C#C[Si](C(C)C)(C(C)C)C(C)C)cc4cc3C1c1cc3cc(C#C[Si](C(C)C)(C(C)C)C(C)C)ccc3cc12)(C(C)C)C(C)C. The smallest absolute Gasteiger partial charge is 0.125 e. The van der Waals surface area contributed by atoms with Crippen molar-refractivity contribution in [1.82, 2.24) is 0 Å². The highest BCUT2D eigenvalue weighted by molar-refractivity contribution is 6.92. The van der Waals surface area contributed by atoms with Crippen molar-refractivity contribution in [2.24, 2.45) is 0 Å². The Kier molecular flexibility index (Phi) is 18.5. The molecule has 92 heavy (non-hydrogen) atoms. The highest BCUT2D eigenvalue weighted by Gasteiger charge is 2.51. The summed E-state index contributed by atoms with van der Waals surface area (Å²) in [7, 11) is -7.91. The average molecular weight is 1280 g/mol. The molecule has 0 saturated heterocycles. The Balaban J connectivity index is 1.21. The lowest BCUT2D eigenvalue weighted by atomic mass is 9.52. The highest BCUT2D eigenvalue weighted by atomic mass is 28.3. The predicted octanol–water partition coefficient (Wildman–Crippen LogP) is 25.4. The number of benzene rings is 8. The molecule has 0 saturated carbocycles. The quantitative estimate of drug-likeness (QED) is 0.0845. The van der Waals surface area contributed by atoms with Gasteiger partial charge in [0.25, 0.3) is 0 Å². The third-order valence-electron chi connectivity index (χ3n) is 24.7. The number of hydrogen-bond acceptors (Lipinski definition) is 0. The Labute approximate surface area is 561 Å². The maximum Gasteiger partial charge on any atom is 0.146 e. The van der Waals surface area contributed by atoms with E-state index in [4.69, 9.17) is 0 Å². The summed E-state index contributed by atoms with van der Waals surface area (Å²) < 4.78 is 0. The molecule has 0 radical (unpaired) electrons. The molecule has 0 spiro atoms. The molecule has 0 aromatic heterocycles. The van der Waals surface area contributed by atoms with Crippen LogP contribution in [0.4, 0.5) is 0 Å². The topological polar surface area (TPSA) is 0 Å². The van der Waals surface area contributed by atoms with Crippen molar-refractivity contribution in [3.63, 3.8) is 0 Å². The Hall–Kier alpha value is -6.09. The Bertz CT molecular complexity index is 3810. The molecule has 0 atom stereocenters. The van der Waals surface area contributed by atoms with E-state index in [-0.39, 0.29) is 23.7 Å². The van der Waals surface area contributed by atoms with Gasteiger partial charge < -0.3 is 0 Å². The molecule has 0 fully saturated rings. The van der Waals surface area contributed by atoms with Gasteiger partial charge >= 0.3 is 0 Å². The second-order valence-electron chi connectivity index (χ2n) is 32.7. The largest absolute Gasteiger partial charge is 0.146 e. The maximum atomic E-state index is 4.10. The summed E-state index contributed by atoms with van der Waals surface area (Å²) in [6, 6.07) is 49.6. The van der Waals surface area contributed by atoms with Gasteiger partial charge in [-0.2, -0.15) is 0 Å². The van der Waals surface area contributed by atoms with E-state index in [1.807, 2.05) is 0 Å². The highest BCUT2D eigenvalue weighted by Crippen LogP contribution is 2.66. The first-order valence-electron chi connectivity index (χ1n) is 35.9. The summed E-state index contributed by atoms with van der Waals surface area (Å²) in [5.74, 6) is 15.7. The summed E-state index contributed by atoms with van der Waals surface area (Å²) in [4.78, 5) is 0. The van der Waals surface area contributed by atoms with E-state index in [9.17, 15) is 0 Å². The van der Waals surface area contributed by atoms with E-state index in [0.717, 1.165) is 22.3 Å². The molecule has 8 aromatic carbocycles. The van der Waals surface area contributed by atoms with Crippen molar-refractivity contribution < 1.29 is 0 Å². The van der Waals surface area contributed by atoms with Crippen molar-refractivity contribution in [3.05, 3.63) is 188 Å². The van der Waals surface area contributed by atoms with Crippen molar-refractivity contribution in [2.45, 2.75) is 256 Å². The van der Waals surface area contributed by atoms with Crippen molar-refractivity contribution in [1.29, 1.82) is 0 Å². The van der Waals surface area contributed by atoms with Crippen LogP contribution in [-0.4, -0.2) is 32.3 Å². The lowest BCUT2D eigenvalue weighted by Crippen LogP contribution is -2.43. The fraction of sp³-hybridized carbons (Fsp3) is 0.455. The van der Waals surface area contributed by atoms with E-state index in [1.165, 1.54) is 87.6 Å². The predicted molar refractivity (Wildman–Crippen MR) is 415 cm³/mol. The number of fused-ring (bicyclic) bond motifs is 4. The molecule has 4 bridgehead atoms. The van der Waals surface area contributed by atoms with Crippen molar-refractivity contribution in [2.75, 3.05) is 0 Å². The van der Waals surface area contributed by atoms with E-state index in [2.05, 4.69) is 333 Å². The average Bonchev–Trinajstić information content (AvgIpc) is 0.679. The van der Waals surface area contributed by atoms with Crippen LogP contribution in [0.5, 0.6) is 0 Å². The Morgan fingerprint density at radius 3 is 0.478 bits per heavy atom. The first kappa shape index (κ1) is 67.3. The minimum atomic E-state index is -1.98. The molecular formula is C88H108Si4. The third-order valence-corrected chi connectivity index (χ3v) is 49.8. The molecule has 476 valence electrons. The molecular weight excluding hydrogens is 1170 g/mol. The fourth-order valence-corrected chi connectivity index (χ4v) is 41.3. The van der Waals surface area contributed by atoms with Crippen LogP contribution in [0.1, 0.15) is 257 Å². The summed E-state index contributed by atoms with van der Waals surface area (Å²) in [6.45, 7) is 58.2. The van der Waals surface area contributed by atoms with Gasteiger partial charge in [-0.3, -0.25) is 0 Å². The van der Waals surface area contributed by atoms with Gasteiger partial charge in [-0.1, -0.05) is 263 Å². The van der Waals surface area contributed by atoms with Crippen LogP contribution in [0, 0.1) is 45.9 Å². The molecule has 0 nitrogen and oxygen atoms in total. The number of rotatable bonds is 12. The molecule has 0 unspecified atom stereocenters. The first-order valence-corrected chi connectivity index (χ1v) is 44.8. The second-order valence-corrected chi connectivity index (χ2v) is 55.0. The molecule has 0 heterocycles. The molecule has 14 rings (SSSR count). The van der Waals surface area contributed by atoms with Gasteiger partial charge in [0.05, 0.1) is 0 Å². The van der Waals surface area contributed by atoms with E-state index in [0.29, 0.717) is 66.5 Å². The molecule has 0 aliphatic heterocycles.